The van der Waals surface area contributed by atoms with Crippen molar-refractivity contribution in [3.05, 3.63) is 59.4 Å². The highest BCUT2D eigenvalue weighted by atomic mass is 32.1. The maximum atomic E-state index is 12.9. The fraction of sp³-hybridized carbons (Fsp3) is 0.429. The molecular weight excluding hydrogens is 370 g/mol. The number of piperazine rings is 1. The van der Waals surface area contributed by atoms with Gasteiger partial charge in [-0.15, -0.1) is 11.3 Å². The number of aromatic nitrogens is 2. The zero-order valence-corrected chi connectivity index (χ0v) is 16.6. The van der Waals surface area contributed by atoms with Gasteiger partial charge in [0.15, 0.2) is 4.96 Å². The third-order valence-corrected chi connectivity index (χ3v) is 6.95. The molecule has 2 aliphatic heterocycles. The SMILES string of the molecule is O=C([C@@H]1CNCCN1)N1CCC(c2ccccc2)(c2cn3ccsc3n2)CC1. The molecule has 2 fully saturated rings. The number of carbonyl (C=O) groups is 1. The smallest absolute Gasteiger partial charge is 0.241 e. The van der Waals surface area contributed by atoms with E-state index in [2.05, 4.69) is 63.1 Å². The standard InChI is InChI=1S/C21H25N5OS/c27-19(17-14-22-8-9-23-17)25-10-6-21(7-11-25,16-4-2-1-3-5-16)18-15-26-12-13-28-20(26)24-18/h1-5,12-13,15,17,22-23H,6-11,14H2/t17-/m0/s1. The first-order valence-electron chi connectivity index (χ1n) is 9.97. The van der Waals surface area contributed by atoms with Crippen molar-refractivity contribution in [2.24, 2.45) is 0 Å². The first-order valence-corrected chi connectivity index (χ1v) is 10.9. The minimum Gasteiger partial charge on any atom is -0.341 e. The van der Waals surface area contributed by atoms with Gasteiger partial charge in [0.25, 0.3) is 0 Å². The van der Waals surface area contributed by atoms with Crippen molar-refractivity contribution in [3.8, 4) is 0 Å². The van der Waals surface area contributed by atoms with Gasteiger partial charge in [-0.2, -0.15) is 0 Å². The Kier molecular flexibility index (Phi) is 4.66. The lowest BCUT2D eigenvalue weighted by atomic mass is 9.70. The molecule has 0 spiro atoms. The number of rotatable bonds is 3. The van der Waals surface area contributed by atoms with E-state index in [-0.39, 0.29) is 17.4 Å². The summed E-state index contributed by atoms with van der Waals surface area (Å²) in [5, 5.41) is 8.72. The minimum atomic E-state index is -0.137. The van der Waals surface area contributed by atoms with Crippen LogP contribution in [0.5, 0.6) is 0 Å². The zero-order chi connectivity index (χ0) is 19.0. The summed E-state index contributed by atoms with van der Waals surface area (Å²) in [5.41, 5.74) is 2.28. The number of amides is 1. The third-order valence-electron chi connectivity index (χ3n) is 6.18. The van der Waals surface area contributed by atoms with Crippen LogP contribution in [-0.4, -0.2) is 59.0 Å². The highest BCUT2D eigenvalue weighted by molar-refractivity contribution is 7.15. The summed E-state index contributed by atoms with van der Waals surface area (Å²) in [4.78, 5) is 21.0. The summed E-state index contributed by atoms with van der Waals surface area (Å²) in [6.07, 6.45) is 6.03. The normalized spacial score (nSPS) is 22.4. The molecule has 1 atom stereocenters. The van der Waals surface area contributed by atoms with E-state index < -0.39 is 0 Å². The molecule has 5 rings (SSSR count). The second-order valence-corrected chi connectivity index (χ2v) is 8.58. The van der Waals surface area contributed by atoms with E-state index in [1.165, 1.54) is 5.56 Å². The Morgan fingerprint density at radius 3 is 2.71 bits per heavy atom. The van der Waals surface area contributed by atoms with Crippen LogP contribution < -0.4 is 10.6 Å². The van der Waals surface area contributed by atoms with E-state index >= 15 is 0 Å². The molecule has 3 aromatic rings. The first kappa shape index (κ1) is 17.8. The predicted octanol–water partition coefficient (Wildman–Crippen LogP) is 1.87. The van der Waals surface area contributed by atoms with Crippen LogP contribution in [0.4, 0.5) is 0 Å². The number of thiazole rings is 1. The number of nitrogens with one attached hydrogen (secondary N) is 2. The molecule has 1 aromatic carbocycles. The van der Waals surface area contributed by atoms with Crippen molar-refractivity contribution in [3.63, 3.8) is 0 Å². The summed E-state index contributed by atoms with van der Waals surface area (Å²) >= 11 is 1.66. The Morgan fingerprint density at radius 1 is 1.18 bits per heavy atom. The third kappa shape index (κ3) is 3.03. The molecule has 0 radical (unpaired) electrons. The quantitative estimate of drug-likeness (QED) is 0.711. The van der Waals surface area contributed by atoms with Crippen molar-refractivity contribution in [2.75, 3.05) is 32.7 Å². The van der Waals surface area contributed by atoms with Crippen LogP contribution in [0, 0.1) is 0 Å². The molecule has 0 unspecified atom stereocenters. The molecular formula is C21H25N5OS. The molecule has 6 nitrogen and oxygen atoms in total. The monoisotopic (exact) mass is 395 g/mol. The maximum Gasteiger partial charge on any atom is 0.241 e. The average Bonchev–Trinajstić information content (AvgIpc) is 3.37. The second kappa shape index (κ2) is 7.31. The first-order chi connectivity index (χ1) is 13.8. The number of nitrogens with zero attached hydrogens (tertiary/aromatic N) is 3. The molecule has 2 saturated heterocycles. The molecule has 146 valence electrons. The van der Waals surface area contributed by atoms with Crippen molar-refractivity contribution in [2.45, 2.75) is 24.3 Å². The molecule has 4 heterocycles. The predicted molar refractivity (Wildman–Crippen MR) is 111 cm³/mol. The van der Waals surface area contributed by atoms with Crippen LogP contribution in [-0.2, 0) is 10.2 Å². The number of likely N-dealkylation sites (tertiary alicyclic amines) is 1. The summed E-state index contributed by atoms with van der Waals surface area (Å²) in [6.45, 7) is 4.02. The van der Waals surface area contributed by atoms with Gasteiger partial charge in [0.05, 0.1) is 11.7 Å². The topological polar surface area (TPSA) is 61.7 Å². The van der Waals surface area contributed by atoms with Gasteiger partial charge < -0.3 is 15.5 Å². The number of piperidine rings is 1. The van der Waals surface area contributed by atoms with E-state index in [0.29, 0.717) is 0 Å². The summed E-state index contributed by atoms with van der Waals surface area (Å²) in [7, 11) is 0. The summed E-state index contributed by atoms with van der Waals surface area (Å²) in [6, 6.07) is 10.6. The fourth-order valence-corrected chi connectivity index (χ4v) is 5.27. The van der Waals surface area contributed by atoms with E-state index in [4.69, 9.17) is 4.98 Å². The largest absolute Gasteiger partial charge is 0.341 e. The van der Waals surface area contributed by atoms with Gasteiger partial charge in [0, 0.05) is 55.9 Å². The van der Waals surface area contributed by atoms with Crippen LogP contribution in [0.15, 0.2) is 48.1 Å². The van der Waals surface area contributed by atoms with Crippen molar-refractivity contribution in [1.82, 2.24) is 24.9 Å². The molecule has 0 bridgehead atoms. The fourth-order valence-electron chi connectivity index (χ4n) is 4.57. The molecule has 7 heteroatoms. The number of fused-ring (bicyclic) bond motifs is 1. The lowest BCUT2D eigenvalue weighted by Crippen LogP contribution is -2.58. The number of imidazole rings is 1. The maximum absolute atomic E-state index is 12.9. The molecule has 1 amide bonds. The van der Waals surface area contributed by atoms with Crippen LogP contribution in [0.1, 0.15) is 24.1 Å². The van der Waals surface area contributed by atoms with Gasteiger partial charge in [-0.1, -0.05) is 30.3 Å². The van der Waals surface area contributed by atoms with E-state index in [1.54, 1.807) is 11.3 Å². The molecule has 2 aromatic heterocycles. The van der Waals surface area contributed by atoms with Crippen LogP contribution in [0.2, 0.25) is 0 Å². The number of benzene rings is 1. The van der Waals surface area contributed by atoms with E-state index in [1.807, 2.05) is 4.90 Å². The second-order valence-electron chi connectivity index (χ2n) is 7.70. The Balaban J connectivity index is 1.43. The zero-order valence-electron chi connectivity index (χ0n) is 15.8. The van der Waals surface area contributed by atoms with Gasteiger partial charge in [-0.05, 0) is 18.4 Å². The Hall–Kier alpha value is -2.22. The Morgan fingerprint density at radius 2 is 2.00 bits per heavy atom. The number of hydrogen-bond donors (Lipinski definition) is 2. The van der Waals surface area contributed by atoms with Gasteiger partial charge >= 0.3 is 0 Å². The highest BCUT2D eigenvalue weighted by Gasteiger charge is 2.41. The van der Waals surface area contributed by atoms with Crippen LogP contribution in [0.3, 0.4) is 0 Å². The van der Waals surface area contributed by atoms with Gasteiger partial charge in [-0.25, -0.2) is 4.98 Å². The number of hydrogen-bond acceptors (Lipinski definition) is 5. The molecule has 2 aliphatic rings. The Labute approximate surface area is 168 Å². The van der Waals surface area contributed by atoms with Crippen molar-refractivity contribution < 1.29 is 4.79 Å². The van der Waals surface area contributed by atoms with Gasteiger partial charge in [0.1, 0.15) is 0 Å². The van der Waals surface area contributed by atoms with E-state index in [0.717, 1.165) is 56.2 Å². The van der Waals surface area contributed by atoms with Crippen molar-refractivity contribution in [1.29, 1.82) is 0 Å². The molecule has 28 heavy (non-hydrogen) atoms. The van der Waals surface area contributed by atoms with Crippen LogP contribution in [0.25, 0.3) is 4.96 Å². The lowest BCUT2D eigenvalue weighted by Gasteiger charge is -2.42. The minimum absolute atomic E-state index is 0.101. The highest BCUT2D eigenvalue weighted by Crippen LogP contribution is 2.41. The molecule has 0 saturated carbocycles. The molecule has 2 N–H and O–H groups in total. The van der Waals surface area contributed by atoms with Gasteiger partial charge in [-0.3, -0.25) is 9.20 Å². The van der Waals surface area contributed by atoms with Gasteiger partial charge in [0.2, 0.25) is 5.91 Å². The lowest BCUT2D eigenvalue weighted by molar-refractivity contribution is -0.135. The number of carbonyl (C=O) groups excluding carboxylic acids is 1. The molecule has 0 aliphatic carbocycles. The summed E-state index contributed by atoms with van der Waals surface area (Å²) < 4.78 is 2.11. The average molecular weight is 396 g/mol. The van der Waals surface area contributed by atoms with E-state index in [9.17, 15) is 4.79 Å². The Bertz CT molecular complexity index is 923. The van der Waals surface area contributed by atoms with Crippen LogP contribution >= 0.6 is 11.3 Å². The van der Waals surface area contributed by atoms with Crippen molar-refractivity contribution >= 4 is 22.2 Å². The summed E-state index contributed by atoms with van der Waals surface area (Å²) in [5.74, 6) is 0.222.